The van der Waals surface area contributed by atoms with Gasteiger partial charge in [-0.25, -0.2) is 0 Å². The lowest BCUT2D eigenvalue weighted by molar-refractivity contribution is -0.124. The average molecular weight is 326 g/mol. The molecule has 0 aliphatic heterocycles. The van der Waals surface area contributed by atoms with Crippen molar-refractivity contribution in [1.29, 1.82) is 0 Å². The van der Waals surface area contributed by atoms with E-state index in [1.54, 1.807) is 25.1 Å². The van der Waals surface area contributed by atoms with Gasteiger partial charge in [-0.05, 0) is 17.7 Å². The van der Waals surface area contributed by atoms with E-state index < -0.39 is 0 Å². The zero-order valence-electron chi connectivity index (χ0n) is 11.0. The number of hydrogen-bond acceptors (Lipinski definition) is 2. The number of carbonyl (C=O) groups excluding carboxylic acids is 1. The van der Waals surface area contributed by atoms with Crippen molar-refractivity contribution in [3.05, 3.63) is 33.8 Å². The van der Waals surface area contributed by atoms with Crippen LogP contribution in [0, 0.1) is 5.92 Å². The van der Waals surface area contributed by atoms with E-state index in [4.69, 9.17) is 28.9 Å². The Morgan fingerprint density at radius 3 is 2.32 bits per heavy atom. The van der Waals surface area contributed by atoms with Gasteiger partial charge in [-0.2, -0.15) is 0 Å². The molecule has 2 unspecified atom stereocenters. The highest BCUT2D eigenvalue weighted by Gasteiger charge is 2.16. The third-order valence-electron chi connectivity index (χ3n) is 2.88. The molecule has 0 aromatic heterocycles. The van der Waals surface area contributed by atoms with Crippen molar-refractivity contribution in [1.82, 2.24) is 5.32 Å². The second-order valence-corrected chi connectivity index (χ2v) is 5.23. The first-order valence-electron chi connectivity index (χ1n) is 5.89. The zero-order valence-corrected chi connectivity index (χ0v) is 13.3. The van der Waals surface area contributed by atoms with E-state index in [1.807, 2.05) is 6.92 Å². The van der Waals surface area contributed by atoms with Crippen LogP contribution in [0.1, 0.15) is 25.3 Å². The molecule has 1 aromatic rings. The van der Waals surface area contributed by atoms with E-state index in [-0.39, 0.29) is 30.2 Å². The fourth-order valence-corrected chi connectivity index (χ4v) is 2.39. The maximum atomic E-state index is 11.6. The molecule has 0 heterocycles. The van der Waals surface area contributed by atoms with E-state index in [9.17, 15) is 4.79 Å². The van der Waals surface area contributed by atoms with Crippen molar-refractivity contribution < 1.29 is 4.79 Å². The molecule has 3 nitrogen and oxygen atoms in total. The summed E-state index contributed by atoms with van der Waals surface area (Å²) < 4.78 is 0. The van der Waals surface area contributed by atoms with Crippen LogP contribution in [0.5, 0.6) is 0 Å². The van der Waals surface area contributed by atoms with E-state index in [1.165, 1.54) is 0 Å². The number of hydrogen-bond donors (Lipinski definition) is 2. The van der Waals surface area contributed by atoms with Gasteiger partial charge < -0.3 is 11.1 Å². The third-order valence-corrected chi connectivity index (χ3v) is 3.54. The molecule has 6 heteroatoms. The first-order valence-corrected chi connectivity index (χ1v) is 6.64. The molecule has 0 fully saturated rings. The van der Waals surface area contributed by atoms with Gasteiger partial charge in [0.15, 0.2) is 0 Å². The zero-order chi connectivity index (χ0) is 13.7. The minimum absolute atomic E-state index is 0. The monoisotopic (exact) mass is 324 g/mol. The summed E-state index contributed by atoms with van der Waals surface area (Å²) in [6.45, 7) is 4.60. The molecule has 0 saturated carbocycles. The van der Waals surface area contributed by atoms with Crippen molar-refractivity contribution in [3.8, 4) is 0 Å². The van der Waals surface area contributed by atoms with Gasteiger partial charge in [-0.15, -0.1) is 12.4 Å². The number of benzene rings is 1. The normalized spacial score (nSPS) is 13.3. The molecular formula is C13H19Cl3N2O. The highest BCUT2D eigenvalue weighted by molar-refractivity contribution is 6.36. The van der Waals surface area contributed by atoms with Crippen LogP contribution in [0.25, 0.3) is 0 Å². The van der Waals surface area contributed by atoms with Crippen molar-refractivity contribution in [3.63, 3.8) is 0 Å². The quantitative estimate of drug-likeness (QED) is 0.873. The standard InChI is InChI=1S/C13H18Cl2N2O.ClH/c1-8(6-16)13(18)17-7-9(2)12-10(14)4-3-5-11(12)15;/h3-5,8-9H,6-7,16H2,1-2H3,(H,17,18);1H. The molecule has 1 rings (SSSR count). The second-order valence-electron chi connectivity index (χ2n) is 4.42. The lowest BCUT2D eigenvalue weighted by Gasteiger charge is -2.17. The predicted molar refractivity (Wildman–Crippen MR) is 83.4 cm³/mol. The molecule has 0 saturated heterocycles. The summed E-state index contributed by atoms with van der Waals surface area (Å²) in [6.07, 6.45) is 0. The number of amides is 1. The maximum absolute atomic E-state index is 11.6. The Bertz CT molecular complexity index is 406. The fourth-order valence-electron chi connectivity index (χ4n) is 1.62. The minimum Gasteiger partial charge on any atom is -0.355 e. The average Bonchev–Trinajstić information content (AvgIpc) is 2.34. The SMILES string of the molecule is CC(CN)C(=O)NCC(C)c1c(Cl)cccc1Cl.Cl. The number of nitrogens with one attached hydrogen (secondary N) is 1. The van der Waals surface area contributed by atoms with Crippen LogP contribution >= 0.6 is 35.6 Å². The molecule has 0 aliphatic carbocycles. The van der Waals surface area contributed by atoms with Crippen LogP contribution < -0.4 is 11.1 Å². The molecule has 19 heavy (non-hydrogen) atoms. The third kappa shape index (κ3) is 5.19. The van der Waals surface area contributed by atoms with Crippen LogP contribution in [0.15, 0.2) is 18.2 Å². The van der Waals surface area contributed by atoms with Crippen LogP contribution in [-0.2, 0) is 4.79 Å². The highest BCUT2D eigenvalue weighted by atomic mass is 35.5. The first-order chi connectivity index (χ1) is 8.47. The van der Waals surface area contributed by atoms with Crippen molar-refractivity contribution in [2.24, 2.45) is 11.7 Å². The molecule has 0 radical (unpaired) electrons. The van der Waals surface area contributed by atoms with Crippen molar-refractivity contribution in [2.45, 2.75) is 19.8 Å². The number of halogens is 3. The topological polar surface area (TPSA) is 55.1 Å². The molecule has 1 aromatic carbocycles. The molecular weight excluding hydrogens is 307 g/mol. The summed E-state index contributed by atoms with van der Waals surface area (Å²) in [5.74, 6) is -0.174. The Kier molecular flexibility index (Phi) is 8.42. The molecule has 3 N–H and O–H groups in total. The molecule has 0 bridgehead atoms. The molecule has 0 aliphatic rings. The van der Waals surface area contributed by atoms with E-state index >= 15 is 0 Å². The Balaban J connectivity index is 0.00000324. The molecule has 2 atom stereocenters. The van der Waals surface area contributed by atoms with Gasteiger partial charge in [0.05, 0.1) is 0 Å². The van der Waals surface area contributed by atoms with Gasteiger partial charge in [0, 0.05) is 35.0 Å². The van der Waals surface area contributed by atoms with Gasteiger partial charge >= 0.3 is 0 Å². The van der Waals surface area contributed by atoms with Gasteiger partial charge in [-0.3, -0.25) is 4.79 Å². The van der Waals surface area contributed by atoms with Gasteiger partial charge in [0.2, 0.25) is 5.91 Å². The summed E-state index contributed by atoms with van der Waals surface area (Å²) in [6, 6.07) is 5.39. The van der Waals surface area contributed by atoms with Crippen molar-refractivity contribution >= 4 is 41.5 Å². The van der Waals surface area contributed by atoms with Gasteiger partial charge in [0.1, 0.15) is 0 Å². The largest absolute Gasteiger partial charge is 0.355 e. The van der Waals surface area contributed by atoms with Crippen LogP contribution in [0.3, 0.4) is 0 Å². The lowest BCUT2D eigenvalue weighted by atomic mass is 10.0. The van der Waals surface area contributed by atoms with E-state index in [0.717, 1.165) is 5.56 Å². The minimum atomic E-state index is -0.182. The van der Waals surface area contributed by atoms with Gasteiger partial charge in [0.25, 0.3) is 0 Å². The first kappa shape index (κ1) is 18.5. The maximum Gasteiger partial charge on any atom is 0.224 e. The lowest BCUT2D eigenvalue weighted by Crippen LogP contribution is -2.35. The van der Waals surface area contributed by atoms with Crippen LogP contribution in [-0.4, -0.2) is 19.0 Å². The van der Waals surface area contributed by atoms with Crippen molar-refractivity contribution in [2.75, 3.05) is 13.1 Å². The number of nitrogens with two attached hydrogens (primary N) is 1. The predicted octanol–water partition coefficient (Wildman–Crippen LogP) is 3.23. The smallest absolute Gasteiger partial charge is 0.224 e. The van der Waals surface area contributed by atoms with Crippen LogP contribution in [0.4, 0.5) is 0 Å². The fraction of sp³-hybridized carbons (Fsp3) is 0.462. The molecule has 108 valence electrons. The number of rotatable bonds is 5. The molecule has 0 spiro atoms. The van der Waals surface area contributed by atoms with Crippen LogP contribution in [0.2, 0.25) is 10.0 Å². The summed E-state index contributed by atoms with van der Waals surface area (Å²) in [4.78, 5) is 11.6. The summed E-state index contributed by atoms with van der Waals surface area (Å²) >= 11 is 12.2. The number of carbonyl (C=O) groups is 1. The van der Waals surface area contributed by atoms with E-state index in [2.05, 4.69) is 5.32 Å². The molecule has 1 amide bonds. The van der Waals surface area contributed by atoms with E-state index in [0.29, 0.717) is 23.1 Å². The highest BCUT2D eigenvalue weighted by Crippen LogP contribution is 2.30. The second kappa shape index (κ2) is 8.64. The Hall–Kier alpha value is -0.480. The summed E-state index contributed by atoms with van der Waals surface area (Å²) in [7, 11) is 0. The Morgan fingerprint density at radius 1 is 1.32 bits per heavy atom. The Labute approximate surface area is 130 Å². The summed E-state index contributed by atoms with van der Waals surface area (Å²) in [5, 5.41) is 4.09. The Morgan fingerprint density at radius 2 is 1.84 bits per heavy atom. The van der Waals surface area contributed by atoms with Gasteiger partial charge in [-0.1, -0.05) is 43.1 Å². The summed E-state index contributed by atoms with van der Waals surface area (Å²) in [5.41, 5.74) is 6.30.